The van der Waals surface area contributed by atoms with E-state index in [1.807, 2.05) is 16.8 Å². The topological polar surface area (TPSA) is 120 Å². The number of hydrogen-bond acceptors (Lipinski definition) is 7. The van der Waals surface area contributed by atoms with Crippen molar-refractivity contribution < 1.29 is 4.79 Å². The molecule has 0 aromatic carbocycles. The molecule has 1 fully saturated rings. The maximum atomic E-state index is 12.1. The summed E-state index contributed by atoms with van der Waals surface area (Å²) in [5, 5.41) is 9.60. The van der Waals surface area contributed by atoms with Gasteiger partial charge < -0.3 is 10.6 Å². The van der Waals surface area contributed by atoms with Crippen molar-refractivity contribution in [3.8, 4) is 11.8 Å². The van der Waals surface area contributed by atoms with E-state index in [1.54, 1.807) is 21.8 Å². The number of piperidine rings is 1. The SMILES string of the molecule is C=CC(=O)N1CCCC(n2nc(C#Cc3cnc4cccnn34)c3c(N)ncnc32)C1. The first-order valence-electron chi connectivity index (χ1n) is 9.86. The molecule has 10 nitrogen and oxygen atoms in total. The standard InChI is InChI=1S/C21H19N9O/c1-2-18(31)28-10-4-5-15(12-28)30-21-19(20(22)24-13-25-21)16(27-30)8-7-14-11-23-17-6-3-9-26-29(14)17/h2-3,6,9,11,13,15H,1,4-5,10,12H2,(H2,22,24,25). The second-order valence-corrected chi connectivity index (χ2v) is 7.22. The lowest BCUT2D eigenvalue weighted by Gasteiger charge is -2.32. The minimum Gasteiger partial charge on any atom is -0.383 e. The molecule has 0 spiro atoms. The number of nitrogen functional groups attached to an aromatic ring is 1. The highest BCUT2D eigenvalue weighted by atomic mass is 16.2. The highest BCUT2D eigenvalue weighted by Gasteiger charge is 2.27. The van der Waals surface area contributed by atoms with Crippen LogP contribution in [0.1, 0.15) is 30.3 Å². The lowest BCUT2D eigenvalue weighted by Crippen LogP contribution is -2.40. The van der Waals surface area contributed by atoms with Crippen LogP contribution in [0.3, 0.4) is 0 Å². The lowest BCUT2D eigenvalue weighted by atomic mass is 10.1. The molecule has 5 heterocycles. The number of carbonyl (C=O) groups is 1. The van der Waals surface area contributed by atoms with Crippen molar-refractivity contribution >= 4 is 28.4 Å². The molecule has 0 radical (unpaired) electrons. The van der Waals surface area contributed by atoms with Crippen molar-refractivity contribution in [1.82, 2.24) is 39.2 Å². The monoisotopic (exact) mass is 413 g/mol. The van der Waals surface area contributed by atoms with Crippen LogP contribution in [0.2, 0.25) is 0 Å². The first-order chi connectivity index (χ1) is 15.2. The number of fused-ring (bicyclic) bond motifs is 2. The molecule has 31 heavy (non-hydrogen) atoms. The van der Waals surface area contributed by atoms with Gasteiger partial charge in [0.2, 0.25) is 5.91 Å². The second kappa shape index (κ2) is 7.53. The fourth-order valence-corrected chi connectivity index (χ4v) is 3.86. The third-order valence-electron chi connectivity index (χ3n) is 5.33. The van der Waals surface area contributed by atoms with Crippen molar-refractivity contribution in [1.29, 1.82) is 0 Å². The largest absolute Gasteiger partial charge is 0.383 e. The van der Waals surface area contributed by atoms with Gasteiger partial charge in [0.1, 0.15) is 23.5 Å². The number of aromatic nitrogens is 7. The van der Waals surface area contributed by atoms with Crippen LogP contribution in [0.5, 0.6) is 0 Å². The molecule has 4 aromatic heterocycles. The first-order valence-corrected chi connectivity index (χ1v) is 9.86. The summed E-state index contributed by atoms with van der Waals surface area (Å²) in [6.07, 6.45) is 7.82. The predicted molar refractivity (Wildman–Crippen MR) is 114 cm³/mol. The fraction of sp³-hybridized carbons (Fsp3) is 0.238. The molecule has 10 heteroatoms. The van der Waals surface area contributed by atoms with Gasteiger partial charge in [-0.25, -0.2) is 24.1 Å². The molecule has 2 N–H and O–H groups in total. The molecular formula is C21H19N9O. The maximum Gasteiger partial charge on any atom is 0.246 e. The summed E-state index contributed by atoms with van der Waals surface area (Å²) in [5.41, 5.74) is 8.58. The van der Waals surface area contributed by atoms with E-state index in [-0.39, 0.29) is 11.9 Å². The number of nitrogens with zero attached hydrogens (tertiary/aromatic N) is 8. The Morgan fingerprint density at radius 3 is 3.06 bits per heavy atom. The van der Waals surface area contributed by atoms with E-state index in [1.165, 1.54) is 12.4 Å². The van der Waals surface area contributed by atoms with Crippen LogP contribution in [0.4, 0.5) is 5.82 Å². The molecule has 1 amide bonds. The smallest absolute Gasteiger partial charge is 0.246 e. The van der Waals surface area contributed by atoms with E-state index < -0.39 is 0 Å². The van der Waals surface area contributed by atoms with Crippen LogP contribution < -0.4 is 5.73 Å². The molecule has 1 aliphatic heterocycles. The molecular weight excluding hydrogens is 394 g/mol. The van der Waals surface area contributed by atoms with Crippen LogP contribution in [0.15, 0.2) is 43.5 Å². The number of hydrogen-bond donors (Lipinski definition) is 1. The summed E-state index contributed by atoms with van der Waals surface area (Å²) >= 11 is 0. The van der Waals surface area contributed by atoms with Gasteiger partial charge in [0.05, 0.1) is 17.6 Å². The number of nitrogens with two attached hydrogens (primary N) is 1. The van der Waals surface area contributed by atoms with E-state index in [2.05, 4.69) is 38.5 Å². The van der Waals surface area contributed by atoms with Gasteiger partial charge in [-0.1, -0.05) is 6.58 Å². The molecule has 5 rings (SSSR count). The Labute approximate surface area is 177 Å². The van der Waals surface area contributed by atoms with Crippen molar-refractivity contribution in [3.63, 3.8) is 0 Å². The molecule has 0 aliphatic carbocycles. The zero-order valence-corrected chi connectivity index (χ0v) is 16.6. The molecule has 1 aliphatic rings. The maximum absolute atomic E-state index is 12.1. The average Bonchev–Trinajstić information content (AvgIpc) is 3.39. The highest BCUT2D eigenvalue weighted by Crippen LogP contribution is 2.28. The Balaban J connectivity index is 1.58. The summed E-state index contributed by atoms with van der Waals surface area (Å²) < 4.78 is 3.47. The Bertz CT molecular complexity index is 1370. The number of amides is 1. The van der Waals surface area contributed by atoms with Crippen LogP contribution >= 0.6 is 0 Å². The summed E-state index contributed by atoms with van der Waals surface area (Å²) in [7, 11) is 0. The molecule has 1 atom stereocenters. The van der Waals surface area contributed by atoms with Crippen LogP contribution in [0.25, 0.3) is 16.7 Å². The Morgan fingerprint density at radius 2 is 2.19 bits per heavy atom. The highest BCUT2D eigenvalue weighted by molar-refractivity contribution is 5.90. The van der Waals surface area contributed by atoms with E-state index in [0.717, 1.165) is 12.8 Å². The van der Waals surface area contributed by atoms with E-state index in [4.69, 9.17) is 10.8 Å². The normalized spacial score (nSPS) is 16.3. The molecule has 0 saturated carbocycles. The number of carbonyl (C=O) groups excluding carboxylic acids is 1. The third kappa shape index (κ3) is 3.26. The van der Waals surface area contributed by atoms with Gasteiger partial charge in [0.25, 0.3) is 0 Å². The van der Waals surface area contributed by atoms with Gasteiger partial charge in [-0.05, 0) is 42.9 Å². The fourth-order valence-electron chi connectivity index (χ4n) is 3.86. The lowest BCUT2D eigenvalue weighted by molar-refractivity contribution is -0.127. The Kier molecular flexibility index (Phi) is 4.55. The Hall–Kier alpha value is -4.26. The van der Waals surface area contributed by atoms with Crippen LogP contribution in [-0.2, 0) is 4.79 Å². The summed E-state index contributed by atoms with van der Waals surface area (Å²) in [4.78, 5) is 26.7. The number of rotatable bonds is 2. The quantitative estimate of drug-likeness (QED) is 0.387. The zero-order chi connectivity index (χ0) is 21.4. The minimum atomic E-state index is -0.0876. The van der Waals surface area contributed by atoms with Crippen LogP contribution in [0, 0.1) is 11.8 Å². The summed E-state index contributed by atoms with van der Waals surface area (Å²) in [5.74, 6) is 6.39. The predicted octanol–water partition coefficient (Wildman–Crippen LogP) is 1.20. The first kappa shape index (κ1) is 18.7. The van der Waals surface area contributed by atoms with E-state index in [9.17, 15) is 4.79 Å². The van der Waals surface area contributed by atoms with Gasteiger partial charge in [-0.2, -0.15) is 10.2 Å². The van der Waals surface area contributed by atoms with Crippen molar-refractivity contribution in [2.75, 3.05) is 18.8 Å². The second-order valence-electron chi connectivity index (χ2n) is 7.22. The van der Waals surface area contributed by atoms with Crippen molar-refractivity contribution in [2.45, 2.75) is 18.9 Å². The molecule has 1 saturated heterocycles. The van der Waals surface area contributed by atoms with Crippen molar-refractivity contribution in [3.05, 3.63) is 54.9 Å². The average molecular weight is 413 g/mol. The van der Waals surface area contributed by atoms with E-state index >= 15 is 0 Å². The van der Waals surface area contributed by atoms with E-state index in [0.29, 0.717) is 47.0 Å². The number of likely N-dealkylation sites (tertiary alicyclic amines) is 1. The van der Waals surface area contributed by atoms with Gasteiger partial charge in [0.15, 0.2) is 11.3 Å². The minimum absolute atomic E-state index is 0.0394. The third-order valence-corrected chi connectivity index (χ3v) is 5.33. The summed E-state index contributed by atoms with van der Waals surface area (Å²) in [6.45, 7) is 4.81. The number of imidazole rings is 1. The van der Waals surface area contributed by atoms with Crippen LogP contribution in [-0.4, -0.2) is 58.2 Å². The zero-order valence-electron chi connectivity index (χ0n) is 16.6. The Morgan fingerprint density at radius 1 is 1.29 bits per heavy atom. The van der Waals surface area contributed by atoms with Gasteiger partial charge in [-0.15, -0.1) is 0 Å². The molecule has 154 valence electrons. The van der Waals surface area contributed by atoms with Gasteiger partial charge >= 0.3 is 0 Å². The molecule has 1 unspecified atom stereocenters. The van der Waals surface area contributed by atoms with Gasteiger partial charge in [0, 0.05) is 19.3 Å². The van der Waals surface area contributed by atoms with Crippen molar-refractivity contribution in [2.24, 2.45) is 0 Å². The number of anilines is 1. The van der Waals surface area contributed by atoms with Gasteiger partial charge in [-0.3, -0.25) is 4.79 Å². The molecule has 4 aromatic rings. The summed E-state index contributed by atoms with van der Waals surface area (Å²) in [6, 6.07) is 3.63. The molecule has 0 bridgehead atoms.